The van der Waals surface area contributed by atoms with Crippen molar-refractivity contribution in [3.05, 3.63) is 51.9 Å². The molecule has 1 aromatic carbocycles. The third-order valence-electron chi connectivity index (χ3n) is 4.38. The fraction of sp³-hybridized carbons (Fsp3) is 0.400. The number of rotatable bonds is 6. The average Bonchev–Trinajstić information content (AvgIpc) is 2.64. The summed E-state index contributed by atoms with van der Waals surface area (Å²) in [7, 11) is 0. The van der Waals surface area contributed by atoms with Gasteiger partial charge in [-0.2, -0.15) is 0 Å². The summed E-state index contributed by atoms with van der Waals surface area (Å²) >= 11 is 0. The number of anilines is 1. The highest BCUT2D eigenvalue weighted by Crippen LogP contribution is 2.26. The van der Waals surface area contributed by atoms with E-state index in [4.69, 9.17) is 9.47 Å². The molecule has 6 nitrogen and oxygen atoms in total. The van der Waals surface area contributed by atoms with Gasteiger partial charge >= 0.3 is 0 Å². The lowest BCUT2D eigenvalue weighted by atomic mass is 10.0. The Morgan fingerprint density at radius 1 is 1.12 bits per heavy atom. The maximum atomic E-state index is 13.0. The molecule has 0 saturated heterocycles. The summed E-state index contributed by atoms with van der Waals surface area (Å²) in [5, 5.41) is 2.91. The molecule has 1 aliphatic heterocycles. The number of hydrogen-bond donors (Lipinski definition) is 1. The van der Waals surface area contributed by atoms with E-state index in [0.717, 1.165) is 24.3 Å². The minimum atomic E-state index is -0.261. The fourth-order valence-corrected chi connectivity index (χ4v) is 3.25. The van der Waals surface area contributed by atoms with E-state index < -0.39 is 0 Å². The number of ether oxygens (including phenoxy) is 2. The highest BCUT2D eigenvalue weighted by molar-refractivity contribution is 6.07. The number of nitrogens with one attached hydrogen (secondary N) is 1. The number of carbonyl (C=O) groups excluding carboxylic acids is 1. The first-order chi connectivity index (χ1) is 12.6. The van der Waals surface area contributed by atoms with E-state index in [0.29, 0.717) is 43.2 Å². The van der Waals surface area contributed by atoms with Gasteiger partial charge in [0, 0.05) is 24.0 Å². The van der Waals surface area contributed by atoms with Crippen LogP contribution >= 0.6 is 0 Å². The lowest BCUT2D eigenvalue weighted by Crippen LogP contribution is -2.31. The van der Waals surface area contributed by atoms with E-state index >= 15 is 0 Å². The summed E-state index contributed by atoms with van der Waals surface area (Å²) < 4.78 is 12.7. The molecule has 0 bridgehead atoms. The Kier molecular flexibility index (Phi) is 5.61. The molecule has 26 heavy (non-hydrogen) atoms. The number of amides is 1. The van der Waals surface area contributed by atoms with Gasteiger partial charge in [0.2, 0.25) is 0 Å². The fourth-order valence-electron chi connectivity index (χ4n) is 3.25. The zero-order valence-electron chi connectivity index (χ0n) is 15.2. The van der Waals surface area contributed by atoms with Gasteiger partial charge in [0.1, 0.15) is 17.1 Å². The molecule has 6 heteroatoms. The van der Waals surface area contributed by atoms with Crippen molar-refractivity contribution in [1.29, 1.82) is 0 Å². The molecule has 138 valence electrons. The number of pyridine rings is 1. The number of hydrogen-bond acceptors (Lipinski definition) is 4. The van der Waals surface area contributed by atoms with Crippen LogP contribution in [0.3, 0.4) is 0 Å². The molecular formula is C20H24N2O4. The van der Waals surface area contributed by atoms with Gasteiger partial charge < -0.3 is 19.4 Å². The lowest BCUT2D eigenvalue weighted by molar-refractivity contribution is 0.102. The zero-order chi connectivity index (χ0) is 18.5. The van der Waals surface area contributed by atoms with Gasteiger partial charge in [-0.05, 0) is 57.4 Å². The number of carbonyl (C=O) groups is 1. The Balaban J connectivity index is 1.93. The molecule has 1 aromatic heterocycles. The van der Waals surface area contributed by atoms with Gasteiger partial charge in [-0.25, -0.2) is 0 Å². The van der Waals surface area contributed by atoms with Crippen LogP contribution in [-0.2, 0) is 13.0 Å². The van der Waals surface area contributed by atoms with Crippen LogP contribution in [0.15, 0.2) is 35.1 Å². The van der Waals surface area contributed by atoms with Gasteiger partial charge in [-0.15, -0.1) is 0 Å². The molecule has 0 aliphatic carbocycles. The van der Waals surface area contributed by atoms with Crippen molar-refractivity contribution in [2.75, 3.05) is 18.5 Å². The molecule has 0 fully saturated rings. The van der Waals surface area contributed by atoms with Gasteiger partial charge in [0.15, 0.2) is 0 Å². The van der Waals surface area contributed by atoms with E-state index in [1.165, 1.54) is 6.07 Å². The van der Waals surface area contributed by atoms with E-state index in [2.05, 4.69) is 5.32 Å². The summed E-state index contributed by atoms with van der Waals surface area (Å²) in [5.74, 6) is 0.849. The second-order valence-corrected chi connectivity index (χ2v) is 6.12. The molecule has 2 heterocycles. The Bertz CT molecular complexity index is 840. The first kappa shape index (κ1) is 18.0. The van der Waals surface area contributed by atoms with Crippen LogP contribution < -0.4 is 20.3 Å². The maximum absolute atomic E-state index is 13.0. The summed E-state index contributed by atoms with van der Waals surface area (Å²) in [6, 6.07) is 8.64. The summed E-state index contributed by atoms with van der Waals surface area (Å²) in [5.41, 5.74) is 1.78. The van der Waals surface area contributed by atoms with Crippen LogP contribution in [0.4, 0.5) is 5.69 Å². The molecule has 0 radical (unpaired) electrons. The van der Waals surface area contributed by atoms with Gasteiger partial charge in [0.25, 0.3) is 11.5 Å². The Morgan fingerprint density at radius 3 is 2.54 bits per heavy atom. The SMILES string of the molecule is CCOc1ccc(NC(=O)c2c(OCC)cc(=O)n3c2CCCC3)cc1. The van der Waals surface area contributed by atoms with E-state index in [1.807, 2.05) is 26.0 Å². The molecular weight excluding hydrogens is 332 g/mol. The zero-order valence-corrected chi connectivity index (χ0v) is 15.2. The molecule has 2 aromatic rings. The molecule has 1 aliphatic rings. The third kappa shape index (κ3) is 3.74. The first-order valence-electron chi connectivity index (χ1n) is 9.07. The predicted molar refractivity (Wildman–Crippen MR) is 100 cm³/mol. The van der Waals surface area contributed by atoms with Crippen molar-refractivity contribution in [1.82, 2.24) is 4.57 Å². The number of aromatic nitrogens is 1. The van der Waals surface area contributed by atoms with E-state index in [1.54, 1.807) is 16.7 Å². The van der Waals surface area contributed by atoms with Crippen LogP contribution in [0.5, 0.6) is 11.5 Å². The van der Waals surface area contributed by atoms with Crippen molar-refractivity contribution in [3.8, 4) is 11.5 Å². The largest absolute Gasteiger partial charge is 0.494 e. The van der Waals surface area contributed by atoms with Gasteiger partial charge in [-0.3, -0.25) is 9.59 Å². The van der Waals surface area contributed by atoms with Gasteiger partial charge in [0.05, 0.1) is 13.2 Å². The molecule has 1 N–H and O–H groups in total. The monoisotopic (exact) mass is 356 g/mol. The maximum Gasteiger partial charge on any atom is 0.261 e. The standard InChI is InChI=1S/C20H24N2O4/c1-3-25-15-10-8-14(9-11-15)21-20(24)19-16-7-5-6-12-22(16)18(23)13-17(19)26-4-2/h8-11,13H,3-7,12H2,1-2H3,(H,21,24). The number of nitrogens with zero attached hydrogens (tertiary/aromatic N) is 1. The highest BCUT2D eigenvalue weighted by Gasteiger charge is 2.24. The summed E-state index contributed by atoms with van der Waals surface area (Å²) in [6.07, 6.45) is 2.60. The Morgan fingerprint density at radius 2 is 1.85 bits per heavy atom. The third-order valence-corrected chi connectivity index (χ3v) is 4.38. The number of fused-ring (bicyclic) bond motifs is 1. The number of benzene rings is 1. The van der Waals surface area contributed by atoms with Crippen molar-refractivity contribution in [2.45, 2.75) is 39.7 Å². The van der Waals surface area contributed by atoms with Crippen LogP contribution in [-0.4, -0.2) is 23.7 Å². The van der Waals surface area contributed by atoms with Crippen LogP contribution in [0.25, 0.3) is 0 Å². The molecule has 0 spiro atoms. The Hall–Kier alpha value is -2.76. The molecule has 0 saturated carbocycles. The molecule has 0 atom stereocenters. The van der Waals surface area contributed by atoms with Crippen LogP contribution in [0.1, 0.15) is 42.7 Å². The summed E-state index contributed by atoms with van der Waals surface area (Å²) in [4.78, 5) is 25.3. The van der Waals surface area contributed by atoms with E-state index in [9.17, 15) is 9.59 Å². The average molecular weight is 356 g/mol. The molecule has 0 unspecified atom stereocenters. The predicted octanol–water partition coefficient (Wildman–Crippen LogP) is 3.23. The van der Waals surface area contributed by atoms with Crippen LogP contribution in [0.2, 0.25) is 0 Å². The smallest absolute Gasteiger partial charge is 0.261 e. The topological polar surface area (TPSA) is 69.6 Å². The molecule has 3 rings (SSSR count). The van der Waals surface area contributed by atoms with Crippen molar-refractivity contribution in [3.63, 3.8) is 0 Å². The second-order valence-electron chi connectivity index (χ2n) is 6.12. The van der Waals surface area contributed by atoms with Crippen molar-refractivity contribution < 1.29 is 14.3 Å². The Labute approximate surface area is 152 Å². The normalized spacial score (nSPS) is 13.0. The van der Waals surface area contributed by atoms with Crippen molar-refractivity contribution in [2.24, 2.45) is 0 Å². The van der Waals surface area contributed by atoms with Gasteiger partial charge in [-0.1, -0.05) is 0 Å². The molecule has 1 amide bonds. The first-order valence-corrected chi connectivity index (χ1v) is 9.07. The highest BCUT2D eigenvalue weighted by atomic mass is 16.5. The van der Waals surface area contributed by atoms with Crippen molar-refractivity contribution >= 4 is 11.6 Å². The summed E-state index contributed by atoms with van der Waals surface area (Å²) in [6.45, 7) is 5.39. The van der Waals surface area contributed by atoms with Crippen LogP contribution in [0, 0.1) is 0 Å². The lowest BCUT2D eigenvalue weighted by Gasteiger charge is -2.23. The van der Waals surface area contributed by atoms with E-state index in [-0.39, 0.29) is 11.5 Å². The second kappa shape index (κ2) is 8.08. The quantitative estimate of drug-likeness (QED) is 0.863. The minimum Gasteiger partial charge on any atom is -0.494 e. The minimum absolute atomic E-state index is 0.110.